The Hall–Kier alpha value is -1.63. The Morgan fingerprint density at radius 2 is 2.04 bits per heavy atom. The lowest BCUT2D eigenvalue weighted by atomic mass is 10.0. The first kappa shape index (κ1) is 17.2. The summed E-state index contributed by atoms with van der Waals surface area (Å²) in [4.78, 5) is 2.96. The number of fused-ring (bicyclic) bond motifs is 1. The number of hydrogen-bond donors (Lipinski definition) is 0. The molecule has 2 aliphatic heterocycles. The molecule has 7 heteroatoms. The molecular weight excluding hydrogens is 310 g/mol. The predicted molar refractivity (Wildman–Crippen MR) is 86.9 cm³/mol. The zero-order chi connectivity index (χ0) is 17.2. The van der Waals surface area contributed by atoms with E-state index in [0.29, 0.717) is 6.61 Å². The molecule has 0 saturated carbocycles. The van der Waals surface area contributed by atoms with Crippen molar-refractivity contribution < 1.29 is 18.9 Å². The topological polar surface area (TPSA) is 85.7 Å². The number of rotatable bonds is 6. The van der Waals surface area contributed by atoms with Crippen molar-refractivity contribution in [3.8, 4) is 0 Å². The summed E-state index contributed by atoms with van der Waals surface area (Å²) in [6.45, 7) is 6.14. The van der Waals surface area contributed by atoms with E-state index in [9.17, 15) is 0 Å². The van der Waals surface area contributed by atoms with Gasteiger partial charge in [-0.1, -0.05) is 42.4 Å². The number of nitrogens with zero attached hydrogens (tertiary/aromatic N) is 3. The third-order valence-corrected chi connectivity index (χ3v) is 4.31. The fraction of sp³-hybridized carbons (Fsp3) is 0.647. The number of benzene rings is 1. The Labute approximate surface area is 141 Å². The second kappa shape index (κ2) is 7.09. The predicted octanol–water partition coefficient (Wildman–Crippen LogP) is 3.54. The van der Waals surface area contributed by atoms with Gasteiger partial charge in [-0.15, -0.1) is 0 Å². The van der Waals surface area contributed by atoms with Crippen molar-refractivity contribution in [1.82, 2.24) is 0 Å². The Balaban J connectivity index is 1.70. The second-order valence-corrected chi connectivity index (χ2v) is 6.51. The van der Waals surface area contributed by atoms with Crippen LogP contribution in [0.4, 0.5) is 0 Å². The molecule has 0 amide bonds. The zero-order valence-electron chi connectivity index (χ0n) is 14.2. The van der Waals surface area contributed by atoms with Gasteiger partial charge < -0.3 is 18.9 Å². The summed E-state index contributed by atoms with van der Waals surface area (Å²) in [5.41, 5.74) is 10.0. The fourth-order valence-corrected chi connectivity index (χ4v) is 3.24. The molecule has 2 heterocycles. The highest BCUT2D eigenvalue weighted by atomic mass is 16.8. The molecule has 2 aliphatic rings. The maximum absolute atomic E-state index is 8.92. The van der Waals surface area contributed by atoms with E-state index in [2.05, 4.69) is 10.0 Å². The standard InChI is InChI=1S/C17H23N3O4/c1-4-12(21-10-11-8-6-5-7-9-11)14-13(19-20-18)15-16(22-14)24-17(2,3)23-15/h5-9,12-16H,4,10H2,1-3H3/t12-,13+,14-,15-,16-/m1/s1. The van der Waals surface area contributed by atoms with Crippen LogP contribution in [0.1, 0.15) is 32.8 Å². The van der Waals surface area contributed by atoms with Crippen LogP contribution in [0.2, 0.25) is 0 Å². The van der Waals surface area contributed by atoms with Gasteiger partial charge in [-0.3, -0.25) is 0 Å². The van der Waals surface area contributed by atoms with E-state index in [4.69, 9.17) is 24.5 Å². The maximum Gasteiger partial charge on any atom is 0.188 e. The summed E-state index contributed by atoms with van der Waals surface area (Å²) >= 11 is 0. The molecule has 0 unspecified atom stereocenters. The molecule has 2 fully saturated rings. The van der Waals surface area contributed by atoms with Gasteiger partial charge in [0.2, 0.25) is 0 Å². The summed E-state index contributed by atoms with van der Waals surface area (Å²) in [5.74, 6) is -0.740. The second-order valence-electron chi connectivity index (χ2n) is 6.51. The number of hydrogen-bond acceptors (Lipinski definition) is 5. The Morgan fingerprint density at radius 1 is 1.29 bits per heavy atom. The molecule has 130 valence electrons. The van der Waals surface area contributed by atoms with Crippen LogP contribution in [-0.4, -0.2) is 36.4 Å². The van der Waals surface area contributed by atoms with Crippen LogP contribution in [0, 0.1) is 0 Å². The SMILES string of the molecule is CC[C@@H](OCc1ccccc1)[C@H]1O[C@@H]2OC(C)(C)O[C@@H]2[C@H]1N=[N+]=[N-]. The van der Waals surface area contributed by atoms with Crippen LogP contribution in [-0.2, 0) is 25.6 Å². The lowest BCUT2D eigenvalue weighted by Crippen LogP contribution is -2.40. The Bertz CT molecular complexity index is 603. The first-order valence-electron chi connectivity index (χ1n) is 8.25. The lowest BCUT2D eigenvalue weighted by Gasteiger charge is -2.28. The lowest BCUT2D eigenvalue weighted by molar-refractivity contribution is -0.219. The van der Waals surface area contributed by atoms with E-state index in [0.717, 1.165) is 12.0 Å². The van der Waals surface area contributed by atoms with Gasteiger partial charge in [0.05, 0.1) is 24.9 Å². The van der Waals surface area contributed by atoms with E-state index in [1.807, 2.05) is 51.1 Å². The highest BCUT2D eigenvalue weighted by Gasteiger charge is 2.56. The van der Waals surface area contributed by atoms with Crippen molar-refractivity contribution in [1.29, 1.82) is 0 Å². The van der Waals surface area contributed by atoms with Crippen LogP contribution in [0.25, 0.3) is 10.4 Å². The van der Waals surface area contributed by atoms with Gasteiger partial charge in [-0.05, 0) is 31.4 Å². The van der Waals surface area contributed by atoms with Crippen molar-refractivity contribution in [3.63, 3.8) is 0 Å². The van der Waals surface area contributed by atoms with Crippen molar-refractivity contribution in [2.45, 2.75) is 70.2 Å². The molecular formula is C17H23N3O4. The van der Waals surface area contributed by atoms with Gasteiger partial charge in [-0.25, -0.2) is 0 Å². The van der Waals surface area contributed by atoms with Crippen LogP contribution < -0.4 is 0 Å². The van der Waals surface area contributed by atoms with Gasteiger partial charge >= 0.3 is 0 Å². The quantitative estimate of drug-likeness (QED) is 0.453. The first-order valence-corrected chi connectivity index (χ1v) is 8.25. The minimum Gasteiger partial charge on any atom is -0.371 e. The molecule has 1 aromatic rings. The minimum absolute atomic E-state index is 0.207. The van der Waals surface area contributed by atoms with Crippen molar-refractivity contribution >= 4 is 0 Å². The average Bonchev–Trinajstić information content (AvgIpc) is 3.03. The molecule has 7 nitrogen and oxygen atoms in total. The Kier molecular flexibility index (Phi) is 5.08. The fourth-order valence-electron chi connectivity index (χ4n) is 3.24. The number of ether oxygens (including phenoxy) is 4. The third-order valence-electron chi connectivity index (χ3n) is 4.31. The molecule has 0 bridgehead atoms. The molecule has 24 heavy (non-hydrogen) atoms. The number of azide groups is 1. The summed E-state index contributed by atoms with van der Waals surface area (Å²) in [5, 5.41) is 3.91. The normalized spacial score (nSPS) is 32.1. The maximum atomic E-state index is 8.92. The van der Waals surface area contributed by atoms with Crippen LogP contribution >= 0.6 is 0 Å². The van der Waals surface area contributed by atoms with Crippen LogP contribution in [0.15, 0.2) is 35.4 Å². The van der Waals surface area contributed by atoms with E-state index in [-0.39, 0.29) is 12.2 Å². The summed E-state index contributed by atoms with van der Waals surface area (Å²) in [6, 6.07) is 9.47. The molecule has 0 N–H and O–H groups in total. The highest BCUT2D eigenvalue weighted by molar-refractivity contribution is 5.13. The van der Waals surface area contributed by atoms with Gasteiger partial charge in [0.15, 0.2) is 12.1 Å². The van der Waals surface area contributed by atoms with Crippen molar-refractivity contribution in [2.75, 3.05) is 0 Å². The summed E-state index contributed by atoms with van der Waals surface area (Å²) in [7, 11) is 0. The van der Waals surface area contributed by atoms with E-state index >= 15 is 0 Å². The zero-order valence-corrected chi connectivity index (χ0v) is 14.2. The molecule has 0 aliphatic carbocycles. The smallest absolute Gasteiger partial charge is 0.188 e. The summed E-state index contributed by atoms with van der Waals surface area (Å²) < 4.78 is 23.6. The molecule has 3 rings (SSSR count). The highest BCUT2D eigenvalue weighted by Crippen LogP contribution is 2.40. The van der Waals surface area contributed by atoms with Gasteiger partial charge in [0.1, 0.15) is 6.10 Å². The van der Waals surface area contributed by atoms with Crippen LogP contribution in [0.5, 0.6) is 0 Å². The molecule has 0 radical (unpaired) electrons. The van der Waals surface area contributed by atoms with Crippen molar-refractivity contribution in [2.24, 2.45) is 5.11 Å². The van der Waals surface area contributed by atoms with Gasteiger partial charge in [0, 0.05) is 4.91 Å². The van der Waals surface area contributed by atoms with Gasteiger partial charge in [-0.2, -0.15) is 0 Å². The monoisotopic (exact) mass is 333 g/mol. The molecule has 1 aromatic carbocycles. The van der Waals surface area contributed by atoms with E-state index in [1.54, 1.807) is 0 Å². The largest absolute Gasteiger partial charge is 0.371 e. The van der Waals surface area contributed by atoms with E-state index in [1.165, 1.54) is 0 Å². The molecule has 0 aromatic heterocycles. The van der Waals surface area contributed by atoms with E-state index < -0.39 is 24.2 Å². The molecule has 2 saturated heterocycles. The minimum atomic E-state index is -0.740. The van der Waals surface area contributed by atoms with Crippen molar-refractivity contribution in [3.05, 3.63) is 46.3 Å². The third kappa shape index (κ3) is 3.55. The first-order chi connectivity index (χ1) is 11.5. The average molecular weight is 333 g/mol. The van der Waals surface area contributed by atoms with Crippen LogP contribution in [0.3, 0.4) is 0 Å². The molecule has 5 atom stereocenters. The molecule has 0 spiro atoms. The summed E-state index contributed by atoms with van der Waals surface area (Å²) in [6.07, 6.45) is -0.801. The Morgan fingerprint density at radius 3 is 2.71 bits per heavy atom. The van der Waals surface area contributed by atoms with Gasteiger partial charge in [0.25, 0.3) is 0 Å².